The molecular weight excluding hydrogens is 456 g/mol. The quantitative estimate of drug-likeness (QED) is 0.376. The Bertz CT molecular complexity index is 1170. The molecule has 3 aromatic carbocycles. The maximum atomic E-state index is 12.7. The molecule has 0 aromatic heterocycles. The van der Waals surface area contributed by atoms with Crippen LogP contribution in [0.2, 0.25) is 0 Å². The summed E-state index contributed by atoms with van der Waals surface area (Å²) in [4.78, 5) is 49.8. The van der Waals surface area contributed by atoms with Crippen molar-refractivity contribution in [3.8, 4) is 0 Å². The minimum absolute atomic E-state index is 0.000205. The lowest BCUT2D eigenvalue weighted by Gasteiger charge is -2.11. The number of hydrogen-bond acceptors (Lipinski definition) is 4. The summed E-state index contributed by atoms with van der Waals surface area (Å²) in [6.45, 7) is 7.49. The molecule has 8 nitrogen and oxygen atoms in total. The Morgan fingerprint density at radius 1 is 0.500 bits per heavy atom. The van der Waals surface area contributed by atoms with Gasteiger partial charge in [0.25, 0.3) is 23.6 Å². The third-order valence-corrected chi connectivity index (χ3v) is 5.01. The zero-order chi connectivity index (χ0) is 26.2. The molecule has 0 aliphatic carbocycles. The highest BCUT2D eigenvalue weighted by atomic mass is 16.2. The summed E-state index contributed by atoms with van der Waals surface area (Å²) < 4.78 is 0. The van der Waals surface area contributed by atoms with Gasteiger partial charge in [-0.05, 0) is 88.4 Å². The van der Waals surface area contributed by atoms with Gasteiger partial charge < -0.3 is 21.3 Å². The van der Waals surface area contributed by atoms with Gasteiger partial charge in [-0.3, -0.25) is 19.2 Å². The number of nitrogens with one attached hydrogen (secondary N) is 4. The molecule has 3 rings (SSSR count). The third-order valence-electron chi connectivity index (χ3n) is 5.01. The van der Waals surface area contributed by atoms with Gasteiger partial charge in [0, 0.05) is 45.7 Å². The van der Waals surface area contributed by atoms with Gasteiger partial charge in [0.2, 0.25) is 0 Å². The Morgan fingerprint density at radius 3 is 1.19 bits per heavy atom. The van der Waals surface area contributed by atoms with Crippen molar-refractivity contribution in [3.63, 3.8) is 0 Å². The lowest BCUT2D eigenvalue weighted by molar-refractivity contribution is 0.0934. The van der Waals surface area contributed by atoms with Gasteiger partial charge in [-0.25, -0.2) is 0 Å². The van der Waals surface area contributed by atoms with Crippen molar-refractivity contribution in [2.45, 2.75) is 39.8 Å². The molecule has 3 aromatic rings. The fourth-order valence-corrected chi connectivity index (χ4v) is 3.35. The molecule has 36 heavy (non-hydrogen) atoms. The summed E-state index contributed by atoms with van der Waals surface area (Å²) in [5, 5.41) is 11.2. The topological polar surface area (TPSA) is 116 Å². The second-order valence-electron chi connectivity index (χ2n) is 8.90. The van der Waals surface area contributed by atoms with Crippen molar-refractivity contribution < 1.29 is 19.2 Å². The molecule has 0 unspecified atom stereocenters. The molecule has 0 aliphatic heterocycles. The molecule has 0 atom stereocenters. The maximum Gasteiger partial charge on any atom is 0.255 e. The highest BCUT2D eigenvalue weighted by Crippen LogP contribution is 2.15. The van der Waals surface area contributed by atoms with E-state index in [1.54, 1.807) is 72.8 Å². The number of anilines is 2. The molecular formula is C28H30N4O4. The van der Waals surface area contributed by atoms with E-state index < -0.39 is 0 Å². The van der Waals surface area contributed by atoms with Crippen molar-refractivity contribution in [2.24, 2.45) is 0 Å². The van der Waals surface area contributed by atoms with Gasteiger partial charge in [-0.2, -0.15) is 0 Å². The summed E-state index contributed by atoms with van der Waals surface area (Å²) in [6, 6.07) is 19.5. The SMILES string of the molecule is CC(C)NC(=O)c1cccc(NC(=O)c2ccc(C(=O)Nc3cccc(C(=O)NC(C)C)c3)cc2)c1. The largest absolute Gasteiger partial charge is 0.350 e. The van der Waals surface area contributed by atoms with Crippen molar-refractivity contribution in [3.05, 3.63) is 95.1 Å². The molecule has 186 valence electrons. The van der Waals surface area contributed by atoms with Crippen LogP contribution < -0.4 is 21.3 Å². The van der Waals surface area contributed by atoms with Crippen LogP contribution in [-0.4, -0.2) is 35.7 Å². The zero-order valence-corrected chi connectivity index (χ0v) is 20.7. The van der Waals surface area contributed by atoms with Crippen LogP contribution in [0.25, 0.3) is 0 Å². The fourth-order valence-electron chi connectivity index (χ4n) is 3.35. The van der Waals surface area contributed by atoms with Crippen LogP contribution in [0.1, 0.15) is 69.1 Å². The minimum atomic E-state index is -0.368. The Labute approximate surface area is 210 Å². The van der Waals surface area contributed by atoms with E-state index in [1.807, 2.05) is 27.7 Å². The van der Waals surface area contributed by atoms with Crippen LogP contribution >= 0.6 is 0 Å². The predicted molar refractivity (Wildman–Crippen MR) is 140 cm³/mol. The molecule has 0 saturated carbocycles. The Balaban J connectivity index is 1.64. The van der Waals surface area contributed by atoms with E-state index in [0.717, 1.165) is 0 Å². The average molecular weight is 487 g/mol. The summed E-state index contributed by atoms with van der Waals surface area (Å²) in [5.74, 6) is -1.18. The van der Waals surface area contributed by atoms with Crippen molar-refractivity contribution in [1.82, 2.24) is 10.6 Å². The van der Waals surface area contributed by atoms with Gasteiger partial charge >= 0.3 is 0 Å². The van der Waals surface area contributed by atoms with Crippen molar-refractivity contribution in [2.75, 3.05) is 10.6 Å². The molecule has 0 radical (unpaired) electrons. The third kappa shape index (κ3) is 7.27. The Hall–Kier alpha value is -4.46. The summed E-state index contributed by atoms with van der Waals surface area (Å²) in [6.07, 6.45) is 0. The van der Waals surface area contributed by atoms with Crippen LogP contribution in [0.3, 0.4) is 0 Å². The van der Waals surface area contributed by atoms with Gasteiger partial charge in [0.1, 0.15) is 0 Å². The lowest BCUT2D eigenvalue weighted by Crippen LogP contribution is -2.30. The maximum absolute atomic E-state index is 12.7. The van der Waals surface area contributed by atoms with Crippen molar-refractivity contribution in [1.29, 1.82) is 0 Å². The number of benzene rings is 3. The summed E-state index contributed by atoms with van der Waals surface area (Å²) in [7, 11) is 0. The summed E-state index contributed by atoms with van der Waals surface area (Å²) in [5.41, 5.74) is 2.57. The fraction of sp³-hybridized carbons (Fsp3) is 0.214. The second-order valence-corrected chi connectivity index (χ2v) is 8.90. The van der Waals surface area contributed by atoms with Gasteiger partial charge in [0.05, 0.1) is 0 Å². The number of rotatable bonds is 8. The number of carbonyl (C=O) groups excluding carboxylic acids is 4. The van der Waals surface area contributed by atoms with Gasteiger partial charge in [-0.15, -0.1) is 0 Å². The molecule has 4 amide bonds. The molecule has 0 saturated heterocycles. The van der Waals surface area contributed by atoms with E-state index in [4.69, 9.17) is 0 Å². The first kappa shape index (κ1) is 26.2. The molecule has 8 heteroatoms. The first-order valence-electron chi connectivity index (χ1n) is 11.7. The molecule has 0 aliphatic rings. The van der Waals surface area contributed by atoms with Crippen LogP contribution in [0.15, 0.2) is 72.8 Å². The number of hydrogen-bond donors (Lipinski definition) is 4. The normalized spacial score (nSPS) is 10.6. The van der Waals surface area contributed by atoms with E-state index in [1.165, 1.54) is 0 Å². The zero-order valence-electron chi connectivity index (χ0n) is 20.7. The standard InChI is InChI=1S/C28H30N4O4/c1-17(2)29-27(35)21-7-5-9-23(15-21)31-25(33)19-11-13-20(14-12-19)26(34)32-24-10-6-8-22(16-24)28(36)30-18(3)4/h5-18H,1-4H3,(H,29,35)(H,30,36)(H,31,33)(H,32,34). The molecule has 0 bridgehead atoms. The highest BCUT2D eigenvalue weighted by molar-refractivity contribution is 6.08. The minimum Gasteiger partial charge on any atom is -0.350 e. The van der Waals surface area contributed by atoms with Crippen LogP contribution in [-0.2, 0) is 0 Å². The number of carbonyl (C=O) groups is 4. The van der Waals surface area contributed by atoms with Crippen LogP contribution in [0.4, 0.5) is 11.4 Å². The Morgan fingerprint density at radius 2 is 0.861 bits per heavy atom. The smallest absolute Gasteiger partial charge is 0.255 e. The van der Waals surface area contributed by atoms with Gasteiger partial charge in [-0.1, -0.05) is 12.1 Å². The van der Waals surface area contributed by atoms with E-state index in [0.29, 0.717) is 33.6 Å². The molecule has 4 N–H and O–H groups in total. The molecule has 0 heterocycles. The monoisotopic (exact) mass is 486 g/mol. The van der Waals surface area contributed by atoms with Gasteiger partial charge in [0.15, 0.2) is 0 Å². The highest BCUT2D eigenvalue weighted by Gasteiger charge is 2.13. The van der Waals surface area contributed by atoms with E-state index in [9.17, 15) is 19.2 Å². The average Bonchev–Trinajstić information content (AvgIpc) is 2.83. The van der Waals surface area contributed by atoms with E-state index in [-0.39, 0.29) is 35.7 Å². The second kappa shape index (κ2) is 11.8. The van der Waals surface area contributed by atoms with Crippen molar-refractivity contribution >= 4 is 35.0 Å². The first-order chi connectivity index (χ1) is 17.1. The molecule has 0 spiro atoms. The van der Waals surface area contributed by atoms with Crippen LogP contribution in [0.5, 0.6) is 0 Å². The Kier molecular flexibility index (Phi) is 8.57. The van der Waals surface area contributed by atoms with E-state index >= 15 is 0 Å². The number of amides is 4. The van der Waals surface area contributed by atoms with Crippen LogP contribution in [0, 0.1) is 0 Å². The molecule has 0 fully saturated rings. The lowest BCUT2D eigenvalue weighted by atomic mass is 10.1. The summed E-state index contributed by atoms with van der Waals surface area (Å²) >= 11 is 0. The first-order valence-corrected chi connectivity index (χ1v) is 11.7. The predicted octanol–water partition coefficient (Wildman–Crippen LogP) is 4.47. The van der Waals surface area contributed by atoms with E-state index in [2.05, 4.69) is 21.3 Å².